The molecule has 0 radical (unpaired) electrons. The van der Waals surface area contributed by atoms with Crippen LogP contribution in [0.4, 0.5) is 18.0 Å². The molecule has 0 fully saturated rings. The molecule has 0 aliphatic carbocycles. The van der Waals surface area contributed by atoms with E-state index in [0.29, 0.717) is 0 Å². The van der Waals surface area contributed by atoms with Gasteiger partial charge in [0.25, 0.3) is 0 Å². The summed E-state index contributed by atoms with van der Waals surface area (Å²) in [5.74, 6) is -1.61. The molecule has 2 atom stereocenters. The highest BCUT2D eigenvalue weighted by molar-refractivity contribution is 5.68. The van der Waals surface area contributed by atoms with Crippen LogP contribution in [0.2, 0.25) is 0 Å². The van der Waals surface area contributed by atoms with Gasteiger partial charge in [0.05, 0.1) is 18.6 Å². The van der Waals surface area contributed by atoms with Crippen molar-refractivity contribution in [3.05, 3.63) is 0 Å². The molecule has 0 aliphatic rings. The Morgan fingerprint density at radius 2 is 1.83 bits per heavy atom. The van der Waals surface area contributed by atoms with E-state index in [1.54, 1.807) is 20.8 Å². The second kappa shape index (κ2) is 6.26. The number of carbonyl (C=O) groups excluding carboxylic acids is 1. The van der Waals surface area contributed by atoms with E-state index in [9.17, 15) is 18.0 Å². The largest absolute Gasteiger partial charge is 0.444 e. The molecule has 0 heterocycles. The Labute approximate surface area is 105 Å². The van der Waals surface area contributed by atoms with Crippen LogP contribution in [0.1, 0.15) is 34.1 Å². The fraction of sp³-hybridized carbons (Fsp3) is 0.909. The van der Waals surface area contributed by atoms with Crippen LogP contribution in [0.15, 0.2) is 0 Å². The second-order valence-electron chi connectivity index (χ2n) is 5.20. The molecular weight excluding hydrogens is 251 g/mol. The zero-order valence-electron chi connectivity index (χ0n) is 11.0. The van der Waals surface area contributed by atoms with Gasteiger partial charge in [0.15, 0.2) is 0 Å². The number of hydrogen-bond donors (Lipinski definition) is 2. The lowest BCUT2D eigenvalue weighted by Gasteiger charge is -2.25. The average molecular weight is 271 g/mol. The minimum absolute atomic E-state index is 0.390. The maximum absolute atomic E-state index is 12.3. The lowest BCUT2D eigenvalue weighted by atomic mass is 10.0. The number of aliphatic hydroxyl groups excluding tert-OH is 1. The summed E-state index contributed by atoms with van der Waals surface area (Å²) in [7, 11) is 0. The first kappa shape index (κ1) is 17.0. The third-order valence-corrected chi connectivity index (χ3v) is 2.14. The van der Waals surface area contributed by atoms with Gasteiger partial charge in [-0.25, -0.2) is 4.79 Å². The first-order valence-corrected chi connectivity index (χ1v) is 5.62. The van der Waals surface area contributed by atoms with E-state index in [2.05, 4.69) is 5.32 Å². The van der Waals surface area contributed by atoms with Crippen molar-refractivity contribution in [3.63, 3.8) is 0 Å². The number of amides is 1. The van der Waals surface area contributed by atoms with Crippen molar-refractivity contribution in [3.8, 4) is 0 Å². The third-order valence-electron chi connectivity index (χ3n) is 2.14. The van der Waals surface area contributed by atoms with Crippen LogP contribution < -0.4 is 5.32 Å². The SMILES string of the molecule is C[C@@H](C[C@@H](CO)NC(=O)OC(C)(C)C)C(F)(F)F. The summed E-state index contributed by atoms with van der Waals surface area (Å²) in [4.78, 5) is 11.3. The van der Waals surface area contributed by atoms with Gasteiger partial charge in [0.2, 0.25) is 0 Å². The van der Waals surface area contributed by atoms with Crippen molar-refractivity contribution in [1.29, 1.82) is 0 Å². The Kier molecular flexibility index (Phi) is 5.92. The summed E-state index contributed by atoms with van der Waals surface area (Å²) < 4.78 is 41.9. The third kappa shape index (κ3) is 7.37. The molecule has 0 rings (SSSR count). The van der Waals surface area contributed by atoms with Gasteiger partial charge in [0.1, 0.15) is 5.60 Å². The van der Waals surface area contributed by atoms with E-state index in [4.69, 9.17) is 9.84 Å². The van der Waals surface area contributed by atoms with Crippen LogP contribution >= 0.6 is 0 Å². The first-order chi connectivity index (χ1) is 7.95. The number of hydrogen-bond acceptors (Lipinski definition) is 3. The summed E-state index contributed by atoms with van der Waals surface area (Å²) in [5.41, 5.74) is -0.736. The number of nitrogens with one attached hydrogen (secondary N) is 1. The van der Waals surface area contributed by atoms with Gasteiger partial charge < -0.3 is 15.2 Å². The van der Waals surface area contributed by atoms with Gasteiger partial charge in [-0.3, -0.25) is 0 Å². The molecule has 0 unspecified atom stereocenters. The molecular formula is C11H20F3NO3. The summed E-state index contributed by atoms with van der Waals surface area (Å²) in [5, 5.41) is 11.2. The van der Waals surface area contributed by atoms with E-state index in [-0.39, 0.29) is 6.42 Å². The van der Waals surface area contributed by atoms with Crippen molar-refractivity contribution in [1.82, 2.24) is 5.32 Å². The maximum Gasteiger partial charge on any atom is 0.407 e. The van der Waals surface area contributed by atoms with Crippen LogP contribution in [0.25, 0.3) is 0 Å². The van der Waals surface area contributed by atoms with Gasteiger partial charge in [-0.05, 0) is 27.2 Å². The van der Waals surface area contributed by atoms with Gasteiger partial charge in [0, 0.05) is 0 Å². The summed E-state index contributed by atoms with van der Waals surface area (Å²) >= 11 is 0. The fourth-order valence-corrected chi connectivity index (χ4v) is 1.21. The lowest BCUT2D eigenvalue weighted by Crippen LogP contribution is -2.43. The van der Waals surface area contributed by atoms with E-state index >= 15 is 0 Å². The smallest absolute Gasteiger partial charge is 0.407 e. The minimum atomic E-state index is -4.34. The molecule has 7 heteroatoms. The number of carbonyl (C=O) groups is 1. The molecule has 1 amide bonds. The normalized spacial score (nSPS) is 16.0. The van der Waals surface area contributed by atoms with Crippen LogP contribution in [0.5, 0.6) is 0 Å². The highest BCUT2D eigenvalue weighted by atomic mass is 19.4. The van der Waals surface area contributed by atoms with Crippen LogP contribution in [-0.4, -0.2) is 35.6 Å². The Morgan fingerprint density at radius 3 is 2.17 bits per heavy atom. The number of alkyl carbamates (subject to hydrolysis) is 1. The first-order valence-electron chi connectivity index (χ1n) is 5.62. The van der Waals surface area contributed by atoms with Crippen molar-refractivity contribution >= 4 is 6.09 Å². The summed E-state index contributed by atoms with van der Waals surface area (Å²) in [6.07, 6.45) is -5.57. The zero-order chi connectivity index (χ0) is 14.6. The fourth-order valence-electron chi connectivity index (χ4n) is 1.21. The maximum atomic E-state index is 12.3. The van der Waals surface area contributed by atoms with Crippen molar-refractivity contribution in [2.75, 3.05) is 6.61 Å². The summed E-state index contributed by atoms with van der Waals surface area (Å²) in [6.45, 7) is 5.34. The van der Waals surface area contributed by atoms with E-state index in [1.165, 1.54) is 0 Å². The van der Waals surface area contributed by atoms with E-state index in [1.807, 2.05) is 0 Å². The number of ether oxygens (including phenoxy) is 1. The van der Waals surface area contributed by atoms with Crippen molar-refractivity contribution in [2.24, 2.45) is 5.92 Å². The van der Waals surface area contributed by atoms with E-state index < -0.39 is 36.4 Å². The number of alkyl halides is 3. The van der Waals surface area contributed by atoms with Crippen molar-refractivity contribution < 1.29 is 27.8 Å². The quantitative estimate of drug-likeness (QED) is 0.825. The van der Waals surface area contributed by atoms with Crippen molar-refractivity contribution in [2.45, 2.75) is 51.9 Å². The lowest BCUT2D eigenvalue weighted by molar-refractivity contribution is -0.173. The Bertz CT molecular complexity index is 274. The highest BCUT2D eigenvalue weighted by Crippen LogP contribution is 2.29. The molecule has 0 aromatic carbocycles. The van der Waals surface area contributed by atoms with Gasteiger partial charge in [-0.1, -0.05) is 6.92 Å². The topological polar surface area (TPSA) is 58.6 Å². The Hall–Kier alpha value is -0.980. The monoisotopic (exact) mass is 271 g/mol. The molecule has 0 aliphatic heterocycles. The van der Waals surface area contributed by atoms with Crippen LogP contribution in [0.3, 0.4) is 0 Å². The minimum Gasteiger partial charge on any atom is -0.444 e. The standard InChI is InChI=1S/C11H20F3NO3/c1-7(11(12,13)14)5-8(6-16)15-9(17)18-10(2,3)4/h7-8,16H,5-6H2,1-4H3,(H,15,17)/t7-,8-/m0/s1. The molecule has 0 bridgehead atoms. The van der Waals surface area contributed by atoms with Crippen LogP contribution in [-0.2, 0) is 4.74 Å². The summed E-state index contributed by atoms with van der Waals surface area (Å²) in [6, 6.07) is -0.975. The van der Waals surface area contributed by atoms with Crippen LogP contribution in [0, 0.1) is 5.92 Å². The second-order valence-corrected chi connectivity index (χ2v) is 5.20. The molecule has 0 saturated carbocycles. The average Bonchev–Trinajstić information content (AvgIpc) is 2.11. The molecule has 18 heavy (non-hydrogen) atoms. The molecule has 2 N–H and O–H groups in total. The predicted molar refractivity (Wildman–Crippen MR) is 60.1 cm³/mol. The highest BCUT2D eigenvalue weighted by Gasteiger charge is 2.37. The molecule has 0 spiro atoms. The zero-order valence-corrected chi connectivity index (χ0v) is 11.0. The van der Waals surface area contributed by atoms with Gasteiger partial charge in [-0.2, -0.15) is 13.2 Å². The van der Waals surface area contributed by atoms with E-state index in [0.717, 1.165) is 6.92 Å². The van der Waals surface area contributed by atoms with Gasteiger partial charge >= 0.3 is 12.3 Å². The number of halogens is 3. The number of rotatable bonds is 4. The Balaban J connectivity index is 4.32. The molecule has 108 valence electrons. The molecule has 0 aromatic heterocycles. The molecule has 0 saturated heterocycles. The molecule has 4 nitrogen and oxygen atoms in total. The number of aliphatic hydroxyl groups is 1. The molecule has 0 aromatic rings. The Morgan fingerprint density at radius 1 is 1.33 bits per heavy atom. The van der Waals surface area contributed by atoms with Gasteiger partial charge in [-0.15, -0.1) is 0 Å². The predicted octanol–water partition coefficient (Wildman–Crippen LogP) is 2.46.